The zero-order valence-corrected chi connectivity index (χ0v) is 11.7. The Morgan fingerprint density at radius 3 is 2.73 bits per heavy atom. The first-order chi connectivity index (χ1) is 10.5. The van der Waals surface area contributed by atoms with Crippen molar-refractivity contribution in [2.24, 2.45) is 0 Å². The molecule has 0 aliphatic heterocycles. The Bertz CT molecular complexity index is 821. The summed E-state index contributed by atoms with van der Waals surface area (Å²) in [4.78, 5) is 47.8. The Balaban J connectivity index is 2.10. The fourth-order valence-corrected chi connectivity index (χ4v) is 1.77. The number of anilines is 1. The summed E-state index contributed by atoms with van der Waals surface area (Å²) in [6.07, 6.45) is 1.23. The third kappa shape index (κ3) is 3.69. The van der Waals surface area contributed by atoms with Crippen LogP contribution in [0.25, 0.3) is 0 Å². The lowest BCUT2D eigenvalue weighted by molar-refractivity contribution is -0.116. The first-order valence-electron chi connectivity index (χ1n) is 6.27. The molecule has 8 nitrogen and oxygen atoms in total. The van der Waals surface area contributed by atoms with Gasteiger partial charge in [0.2, 0.25) is 5.91 Å². The Kier molecular flexibility index (Phi) is 4.52. The third-order valence-corrected chi connectivity index (χ3v) is 2.78. The van der Waals surface area contributed by atoms with Crippen molar-refractivity contribution in [3.8, 4) is 0 Å². The van der Waals surface area contributed by atoms with Crippen molar-refractivity contribution in [2.75, 3.05) is 12.4 Å². The minimum Gasteiger partial charge on any atom is -0.465 e. The standard InChI is InChI=1S/C14H13N3O5/c1-22-13(20)9-3-2-4-10(7-9)15-12(19)8-17-6-5-11(18)16-14(17)21/h2-7H,8H2,1H3,(H,15,19)(H,16,18,21). The summed E-state index contributed by atoms with van der Waals surface area (Å²) in [6.45, 7) is -0.266. The lowest BCUT2D eigenvalue weighted by atomic mass is 10.2. The molecule has 114 valence electrons. The van der Waals surface area contributed by atoms with Gasteiger partial charge in [0.05, 0.1) is 12.7 Å². The number of rotatable bonds is 4. The van der Waals surface area contributed by atoms with Crippen molar-refractivity contribution in [1.82, 2.24) is 9.55 Å². The van der Waals surface area contributed by atoms with Gasteiger partial charge in [-0.25, -0.2) is 9.59 Å². The first-order valence-corrected chi connectivity index (χ1v) is 6.27. The molecule has 1 aromatic heterocycles. The van der Waals surface area contributed by atoms with Crippen LogP contribution in [0.5, 0.6) is 0 Å². The van der Waals surface area contributed by atoms with Crippen molar-refractivity contribution in [1.29, 1.82) is 0 Å². The molecule has 22 heavy (non-hydrogen) atoms. The molecule has 2 N–H and O–H groups in total. The van der Waals surface area contributed by atoms with Gasteiger partial charge in [0, 0.05) is 18.0 Å². The quantitative estimate of drug-likeness (QED) is 0.770. The Morgan fingerprint density at radius 2 is 2.05 bits per heavy atom. The van der Waals surface area contributed by atoms with Gasteiger partial charge in [-0.15, -0.1) is 0 Å². The average Bonchev–Trinajstić information content (AvgIpc) is 2.49. The number of aromatic amines is 1. The molecule has 1 heterocycles. The molecule has 0 aliphatic rings. The molecule has 0 saturated carbocycles. The second-order valence-corrected chi connectivity index (χ2v) is 4.36. The molecular formula is C14H13N3O5. The second-order valence-electron chi connectivity index (χ2n) is 4.36. The van der Waals surface area contributed by atoms with Gasteiger partial charge in [0.15, 0.2) is 0 Å². The molecule has 0 spiro atoms. The predicted molar refractivity (Wildman–Crippen MR) is 77.7 cm³/mol. The largest absolute Gasteiger partial charge is 0.465 e. The highest BCUT2D eigenvalue weighted by atomic mass is 16.5. The van der Waals surface area contributed by atoms with Gasteiger partial charge in [-0.3, -0.25) is 19.1 Å². The maximum atomic E-state index is 11.9. The van der Waals surface area contributed by atoms with Crippen LogP contribution in [-0.4, -0.2) is 28.5 Å². The number of hydrogen-bond donors (Lipinski definition) is 2. The van der Waals surface area contributed by atoms with Crippen LogP contribution in [0.4, 0.5) is 5.69 Å². The van der Waals surface area contributed by atoms with Gasteiger partial charge in [0.25, 0.3) is 5.56 Å². The summed E-state index contributed by atoms with van der Waals surface area (Å²) in [5, 5.41) is 2.55. The molecule has 0 radical (unpaired) electrons. The number of esters is 1. The normalized spacial score (nSPS) is 10.0. The van der Waals surface area contributed by atoms with Crippen LogP contribution in [0.2, 0.25) is 0 Å². The van der Waals surface area contributed by atoms with Gasteiger partial charge in [0.1, 0.15) is 6.54 Å². The van der Waals surface area contributed by atoms with E-state index in [0.29, 0.717) is 11.3 Å². The number of H-pyrrole nitrogens is 1. The van der Waals surface area contributed by atoms with Gasteiger partial charge in [-0.05, 0) is 18.2 Å². The maximum Gasteiger partial charge on any atom is 0.337 e. The van der Waals surface area contributed by atoms with Gasteiger partial charge in [-0.1, -0.05) is 6.07 Å². The van der Waals surface area contributed by atoms with Crippen LogP contribution in [0.3, 0.4) is 0 Å². The van der Waals surface area contributed by atoms with E-state index in [1.54, 1.807) is 18.2 Å². The van der Waals surface area contributed by atoms with E-state index in [1.165, 1.54) is 19.4 Å². The predicted octanol–water partition coefficient (Wildman–Crippen LogP) is -0.0381. The number of methoxy groups -OCH3 is 1. The lowest BCUT2D eigenvalue weighted by Gasteiger charge is -2.08. The molecule has 1 aromatic carbocycles. The molecule has 0 unspecified atom stereocenters. The number of hydrogen-bond acceptors (Lipinski definition) is 5. The molecule has 2 rings (SSSR count). The topological polar surface area (TPSA) is 110 Å². The SMILES string of the molecule is COC(=O)c1cccc(NC(=O)Cn2ccc(=O)[nH]c2=O)c1. The van der Waals surface area contributed by atoms with E-state index < -0.39 is 23.1 Å². The Hall–Kier alpha value is -3.16. The molecule has 0 saturated heterocycles. The maximum absolute atomic E-state index is 11.9. The van der Waals surface area contributed by atoms with E-state index in [9.17, 15) is 19.2 Å². The molecule has 0 atom stereocenters. The second kappa shape index (κ2) is 6.53. The number of ether oxygens (including phenoxy) is 1. The number of carbonyl (C=O) groups is 2. The Morgan fingerprint density at radius 1 is 1.27 bits per heavy atom. The molecule has 0 bridgehead atoms. The summed E-state index contributed by atoms with van der Waals surface area (Å²) in [5.74, 6) is -0.996. The van der Waals surface area contributed by atoms with Gasteiger partial charge in [-0.2, -0.15) is 0 Å². The molecule has 2 aromatic rings. The fourth-order valence-electron chi connectivity index (χ4n) is 1.77. The van der Waals surface area contributed by atoms with Crippen LogP contribution in [-0.2, 0) is 16.1 Å². The number of nitrogens with one attached hydrogen (secondary N) is 2. The summed E-state index contributed by atoms with van der Waals surface area (Å²) >= 11 is 0. The van der Waals surface area contributed by atoms with Crippen molar-refractivity contribution in [2.45, 2.75) is 6.54 Å². The number of benzene rings is 1. The van der Waals surface area contributed by atoms with Crippen LogP contribution in [0, 0.1) is 0 Å². The molecule has 8 heteroatoms. The van der Waals surface area contributed by atoms with Crippen LogP contribution in [0.1, 0.15) is 10.4 Å². The van der Waals surface area contributed by atoms with Crippen molar-refractivity contribution >= 4 is 17.6 Å². The minimum atomic E-state index is -0.675. The first kappa shape index (κ1) is 15.2. The van der Waals surface area contributed by atoms with E-state index >= 15 is 0 Å². The van der Waals surface area contributed by atoms with Crippen molar-refractivity contribution in [3.05, 3.63) is 62.9 Å². The summed E-state index contributed by atoms with van der Waals surface area (Å²) in [5.41, 5.74) is -0.523. The molecule has 0 fully saturated rings. The summed E-state index contributed by atoms with van der Waals surface area (Å²) in [7, 11) is 1.26. The van der Waals surface area contributed by atoms with E-state index in [-0.39, 0.29) is 6.54 Å². The van der Waals surface area contributed by atoms with Crippen LogP contribution >= 0.6 is 0 Å². The fraction of sp³-hybridized carbons (Fsp3) is 0.143. The highest BCUT2D eigenvalue weighted by Gasteiger charge is 2.09. The summed E-state index contributed by atoms with van der Waals surface area (Å²) in [6, 6.07) is 7.34. The monoisotopic (exact) mass is 303 g/mol. The van der Waals surface area contributed by atoms with Crippen molar-refractivity contribution < 1.29 is 14.3 Å². The summed E-state index contributed by atoms with van der Waals surface area (Å²) < 4.78 is 5.64. The number of aromatic nitrogens is 2. The Labute approximate surface area is 124 Å². The smallest absolute Gasteiger partial charge is 0.337 e. The van der Waals surface area contributed by atoms with Gasteiger partial charge >= 0.3 is 11.7 Å². The van der Waals surface area contributed by atoms with Crippen molar-refractivity contribution in [3.63, 3.8) is 0 Å². The van der Waals surface area contributed by atoms with Crippen LogP contribution in [0.15, 0.2) is 46.1 Å². The van der Waals surface area contributed by atoms with E-state index in [4.69, 9.17) is 0 Å². The highest BCUT2D eigenvalue weighted by molar-refractivity contribution is 5.94. The van der Waals surface area contributed by atoms with E-state index in [0.717, 1.165) is 10.6 Å². The average molecular weight is 303 g/mol. The van der Waals surface area contributed by atoms with Crippen LogP contribution < -0.4 is 16.6 Å². The highest BCUT2D eigenvalue weighted by Crippen LogP contribution is 2.11. The number of amides is 1. The molecule has 0 aliphatic carbocycles. The number of nitrogens with zero attached hydrogens (tertiary/aromatic N) is 1. The van der Waals surface area contributed by atoms with E-state index in [2.05, 4.69) is 15.0 Å². The molecular weight excluding hydrogens is 290 g/mol. The van der Waals surface area contributed by atoms with Gasteiger partial charge < -0.3 is 10.1 Å². The third-order valence-electron chi connectivity index (χ3n) is 2.78. The molecule has 1 amide bonds. The van der Waals surface area contributed by atoms with E-state index in [1.807, 2.05) is 0 Å². The minimum absolute atomic E-state index is 0.266. The number of carbonyl (C=O) groups excluding carboxylic acids is 2. The zero-order chi connectivity index (χ0) is 16.1. The zero-order valence-electron chi connectivity index (χ0n) is 11.7. The lowest BCUT2D eigenvalue weighted by Crippen LogP contribution is -2.32.